The summed E-state index contributed by atoms with van der Waals surface area (Å²) in [6.07, 6.45) is -1.23. The highest BCUT2D eigenvalue weighted by molar-refractivity contribution is 5.95. The number of rotatable bonds is 5. The number of halogens is 1. The number of benzene rings is 3. The van der Waals surface area contributed by atoms with Crippen LogP contribution in [-0.2, 0) is 22.6 Å². The van der Waals surface area contributed by atoms with Crippen molar-refractivity contribution >= 4 is 17.6 Å². The molecule has 3 aromatic rings. The lowest BCUT2D eigenvalue weighted by Crippen LogP contribution is -2.29. The number of amides is 1. The Hall–Kier alpha value is -3.91. The van der Waals surface area contributed by atoms with Crippen molar-refractivity contribution in [3.8, 4) is 16.9 Å². The fraction of sp³-hybridized carbons (Fsp3) is 0.375. The van der Waals surface area contributed by atoms with E-state index >= 15 is 0 Å². The van der Waals surface area contributed by atoms with Crippen molar-refractivity contribution in [2.24, 2.45) is 0 Å². The number of carboxylic acids is 1. The van der Waals surface area contributed by atoms with Gasteiger partial charge >= 0.3 is 5.97 Å². The number of carbonyl (C=O) groups is 2. The van der Waals surface area contributed by atoms with Crippen LogP contribution >= 0.6 is 0 Å². The van der Waals surface area contributed by atoms with Crippen LogP contribution in [-0.4, -0.2) is 40.6 Å². The molecule has 8 heteroatoms. The molecule has 0 bridgehead atoms. The average Bonchev–Trinajstić information content (AvgIpc) is 3.35. The van der Waals surface area contributed by atoms with E-state index in [-0.39, 0.29) is 11.5 Å². The minimum Gasteiger partial charge on any atom is -0.490 e. The third-order valence-electron chi connectivity index (χ3n) is 7.69. The SMILES string of the molecule is Cc1c(-c2c(C)c3c(c(C)c2C(OC(C)(C)C)C(=O)O)CN(C(=O)c2cccc(F)c2)C3)ccc2c1NCCO2. The maximum Gasteiger partial charge on any atom is 0.337 e. The monoisotopic (exact) mass is 546 g/mol. The Kier molecular flexibility index (Phi) is 7.08. The molecular formula is C32H35FN2O5. The van der Waals surface area contributed by atoms with E-state index in [0.717, 1.165) is 50.4 Å². The van der Waals surface area contributed by atoms with Gasteiger partial charge in [-0.2, -0.15) is 0 Å². The maximum absolute atomic E-state index is 13.9. The number of carbonyl (C=O) groups excluding carboxylic acids is 1. The van der Waals surface area contributed by atoms with E-state index in [1.54, 1.807) is 11.0 Å². The molecule has 3 aromatic carbocycles. The van der Waals surface area contributed by atoms with E-state index in [4.69, 9.17) is 9.47 Å². The van der Waals surface area contributed by atoms with Gasteiger partial charge in [0, 0.05) is 30.8 Å². The zero-order valence-corrected chi connectivity index (χ0v) is 23.8. The van der Waals surface area contributed by atoms with Gasteiger partial charge in [0.25, 0.3) is 5.91 Å². The number of anilines is 1. The number of aliphatic carboxylic acids is 1. The molecule has 0 saturated heterocycles. The van der Waals surface area contributed by atoms with Crippen molar-refractivity contribution in [2.45, 2.75) is 66.3 Å². The molecule has 1 amide bonds. The first-order valence-corrected chi connectivity index (χ1v) is 13.5. The molecule has 0 fully saturated rings. The Morgan fingerprint density at radius 1 is 1.05 bits per heavy atom. The Bertz CT molecular complexity index is 1520. The van der Waals surface area contributed by atoms with Crippen LogP contribution in [0.1, 0.15) is 70.6 Å². The number of nitrogens with zero attached hydrogens (tertiary/aromatic N) is 1. The molecular weight excluding hydrogens is 511 g/mol. The third-order valence-corrected chi connectivity index (χ3v) is 7.69. The largest absolute Gasteiger partial charge is 0.490 e. The standard InChI is InChI=1S/C32H35FN2O5/c1-17-23-15-35(30(36)20-8-7-9-21(33)14-20)16-24(23)18(2)27(29(31(37)38)40-32(4,5)6)26(17)22-10-11-25-28(19(22)3)34-12-13-39-25/h7-11,14,29,34H,12-13,15-16H2,1-6H3,(H,37,38). The van der Waals surface area contributed by atoms with Gasteiger partial charge in [0.05, 0.1) is 11.3 Å². The predicted molar refractivity (Wildman–Crippen MR) is 151 cm³/mol. The van der Waals surface area contributed by atoms with Gasteiger partial charge in [-0.1, -0.05) is 12.1 Å². The van der Waals surface area contributed by atoms with E-state index in [9.17, 15) is 19.1 Å². The van der Waals surface area contributed by atoms with Crippen molar-refractivity contribution in [1.29, 1.82) is 0 Å². The number of ether oxygens (including phenoxy) is 2. The summed E-state index contributed by atoms with van der Waals surface area (Å²) in [7, 11) is 0. The van der Waals surface area contributed by atoms with Gasteiger partial charge in [-0.25, -0.2) is 9.18 Å². The lowest BCUT2D eigenvalue weighted by molar-refractivity contribution is -0.160. The summed E-state index contributed by atoms with van der Waals surface area (Å²) in [6, 6.07) is 9.56. The molecule has 7 nitrogen and oxygen atoms in total. The van der Waals surface area contributed by atoms with Crippen LogP contribution in [0.5, 0.6) is 5.75 Å². The molecule has 1 unspecified atom stereocenters. The van der Waals surface area contributed by atoms with E-state index in [0.29, 0.717) is 31.8 Å². The van der Waals surface area contributed by atoms with Gasteiger partial charge < -0.3 is 24.8 Å². The Morgan fingerprint density at radius 3 is 2.40 bits per heavy atom. The highest BCUT2D eigenvalue weighted by Crippen LogP contribution is 2.47. The van der Waals surface area contributed by atoms with Gasteiger partial charge in [-0.05, 0) is 105 Å². The molecule has 210 valence electrons. The summed E-state index contributed by atoms with van der Waals surface area (Å²) in [5.41, 5.74) is 7.21. The van der Waals surface area contributed by atoms with Gasteiger partial charge in [0.15, 0.2) is 6.10 Å². The van der Waals surface area contributed by atoms with Gasteiger partial charge in [-0.15, -0.1) is 0 Å². The summed E-state index contributed by atoms with van der Waals surface area (Å²) in [5, 5.41) is 13.9. The minimum atomic E-state index is -1.23. The summed E-state index contributed by atoms with van der Waals surface area (Å²) < 4.78 is 25.9. The molecule has 1 atom stereocenters. The fourth-order valence-corrected chi connectivity index (χ4v) is 5.86. The van der Waals surface area contributed by atoms with Gasteiger partial charge in [-0.3, -0.25) is 4.79 Å². The number of hydrogen-bond acceptors (Lipinski definition) is 5. The van der Waals surface area contributed by atoms with Crippen molar-refractivity contribution in [1.82, 2.24) is 4.90 Å². The molecule has 0 radical (unpaired) electrons. The maximum atomic E-state index is 13.9. The molecule has 2 aliphatic rings. The van der Waals surface area contributed by atoms with Crippen LogP contribution in [0.4, 0.5) is 10.1 Å². The number of nitrogens with one attached hydrogen (secondary N) is 1. The van der Waals surface area contributed by atoms with Crippen LogP contribution in [0.2, 0.25) is 0 Å². The van der Waals surface area contributed by atoms with Crippen molar-refractivity contribution in [3.05, 3.63) is 81.2 Å². The van der Waals surface area contributed by atoms with E-state index in [1.807, 2.05) is 53.7 Å². The molecule has 0 saturated carbocycles. The quantitative estimate of drug-likeness (QED) is 0.390. The van der Waals surface area contributed by atoms with Crippen LogP contribution < -0.4 is 10.1 Å². The molecule has 40 heavy (non-hydrogen) atoms. The molecule has 2 heterocycles. The second kappa shape index (κ2) is 10.2. The highest BCUT2D eigenvalue weighted by Gasteiger charge is 2.37. The first-order chi connectivity index (χ1) is 18.9. The Labute approximate surface area is 233 Å². The molecule has 2 N–H and O–H groups in total. The average molecular weight is 547 g/mol. The lowest BCUT2D eigenvalue weighted by atomic mass is 9.81. The van der Waals surface area contributed by atoms with Crippen molar-refractivity contribution in [3.63, 3.8) is 0 Å². The van der Waals surface area contributed by atoms with Crippen molar-refractivity contribution in [2.75, 3.05) is 18.5 Å². The van der Waals surface area contributed by atoms with Crippen LogP contribution in [0.15, 0.2) is 36.4 Å². The molecule has 5 rings (SSSR count). The zero-order chi connectivity index (χ0) is 28.9. The molecule has 0 spiro atoms. The third kappa shape index (κ3) is 4.92. The minimum absolute atomic E-state index is 0.273. The Balaban J connectivity index is 1.71. The molecule has 0 aliphatic carbocycles. The summed E-state index contributed by atoms with van der Waals surface area (Å²) in [4.78, 5) is 27.9. The van der Waals surface area contributed by atoms with Crippen LogP contribution in [0.25, 0.3) is 11.1 Å². The van der Waals surface area contributed by atoms with Gasteiger partial charge in [0.2, 0.25) is 0 Å². The number of hydrogen-bond donors (Lipinski definition) is 2. The zero-order valence-electron chi connectivity index (χ0n) is 23.8. The summed E-state index contributed by atoms with van der Waals surface area (Å²) >= 11 is 0. The highest BCUT2D eigenvalue weighted by atomic mass is 19.1. The molecule has 2 aliphatic heterocycles. The summed E-state index contributed by atoms with van der Waals surface area (Å²) in [6.45, 7) is 13.3. The van der Waals surface area contributed by atoms with E-state index in [2.05, 4.69) is 5.32 Å². The number of carboxylic acid groups (broad SMARTS) is 1. The van der Waals surface area contributed by atoms with E-state index < -0.39 is 23.5 Å². The number of fused-ring (bicyclic) bond motifs is 2. The van der Waals surface area contributed by atoms with Crippen molar-refractivity contribution < 1.29 is 28.6 Å². The van der Waals surface area contributed by atoms with E-state index in [1.165, 1.54) is 18.2 Å². The van der Waals surface area contributed by atoms with Gasteiger partial charge in [0.1, 0.15) is 18.2 Å². The normalized spacial score (nSPS) is 15.1. The smallest absolute Gasteiger partial charge is 0.337 e. The topological polar surface area (TPSA) is 88.1 Å². The second-order valence-corrected chi connectivity index (χ2v) is 11.5. The first-order valence-electron chi connectivity index (χ1n) is 13.5. The first kappa shape index (κ1) is 27.6. The second-order valence-electron chi connectivity index (χ2n) is 11.5. The predicted octanol–water partition coefficient (Wildman–Crippen LogP) is 6.32. The summed E-state index contributed by atoms with van der Waals surface area (Å²) in [5.74, 6) is -1.06. The fourth-order valence-electron chi connectivity index (χ4n) is 5.86. The van der Waals surface area contributed by atoms with Crippen LogP contribution in [0, 0.1) is 26.6 Å². The molecule has 0 aromatic heterocycles. The lowest BCUT2D eigenvalue weighted by Gasteiger charge is -2.31. The van der Waals surface area contributed by atoms with Crippen LogP contribution in [0.3, 0.4) is 0 Å². The Morgan fingerprint density at radius 2 is 1.75 bits per heavy atom.